The Morgan fingerprint density at radius 1 is 1.08 bits per heavy atom. The Morgan fingerprint density at radius 2 is 1.68 bits per heavy atom. The fraction of sp³-hybridized carbons (Fsp3) is 0.333. The molecule has 0 aromatic heterocycles. The van der Waals surface area contributed by atoms with Crippen molar-refractivity contribution in [1.29, 1.82) is 0 Å². The molecule has 1 heterocycles. The number of Topliss-reactive ketones (excluding diaryl/α,β-unsaturated/α-hetero) is 1. The number of hydrogen-bond donors (Lipinski definition) is 3. The summed E-state index contributed by atoms with van der Waals surface area (Å²) in [6, 6.07) is 7.19. The Labute approximate surface area is 219 Å². The number of aromatic hydroxyl groups is 1. The van der Waals surface area contributed by atoms with Gasteiger partial charge in [0.05, 0.1) is 24.0 Å². The van der Waals surface area contributed by atoms with E-state index in [0.29, 0.717) is 23.1 Å². The number of carbonyl (C=O) groups is 6. The van der Waals surface area contributed by atoms with E-state index in [1.165, 1.54) is 30.9 Å². The van der Waals surface area contributed by atoms with Crippen LogP contribution in [0, 0.1) is 13.8 Å². The number of ketones is 1. The van der Waals surface area contributed by atoms with Crippen molar-refractivity contribution >= 4 is 47.1 Å². The summed E-state index contributed by atoms with van der Waals surface area (Å²) in [5.74, 6) is -2.56. The topological polar surface area (TPSA) is 153 Å². The highest BCUT2D eigenvalue weighted by atomic mass is 16.3. The monoisotopic (exact) mass is 522 g/mol. The maximum atomic E-state index is 13.7. The third-order valence-corrected chi connectivity index (χ3v) is 6.15. The maximum absolute atomic E-state index is 13.7. The molecule has 38 heavy (non-hydrogen) atoms. The molecule has 2 aromatic carbocycles. The van der Waals surface area contributed by atoms with Crippen molar-refractivity contribution in [3.63, 3.8) is 0 Å². The largest absolute Gasteiger partial charge is 0.507 e. The van der Waals surface area contributed by atoms with Crippen molar-refractivity contribution in [3.05, 3.63) is 53.1 Å². The van der Waals surface area contributed by atoms with E-state index in [1.54, 1.807) is 38.1 Å². The molecule has 0 saturated carbocycles. The normalized spacial score (nSPS) is 15.7. The van der Waals surface area contributed by atoms with Gasteiger partial charge in [-0.05, 0) is 56.2 Å². The lowest BCUT2D eigenvalue weighted by atomic mass is 10.0. The first-order valence-electron chi connectivity index (χ1n) is 12.0. The van der Waals surface area contributed by atoms with E-state index < -0.39 is 36.3 Å². The van der Waals surface area contributed by atoms with Crippen LogP contribution in [0.5, 0.6) is 5.75 Å². The molecule has 3 N–H and O–H groups in total. The Morgan fingerprint density at radius 3 is 2.24 bits per heavy atom. The molecule has 0 radical (unpaired) electrons. The summed E-state index contributed by atoms with van der Waals surface area (Å²) in [4.78, 5) is 77.5. The molecule has 2 aromatic rings. The van der Waals surface area contributed by atoms with Gasteiger partial charge < -0.3 is 25.4 Å². The molecule has 0 saturated heterocycles. The van der Waals surface area contributed by atoms with Crippen LogP contribution in [0.3, 0.4) is 0 Å². The summed E-state index contributed by atoms with van der Waals surface area (Å²) in [6.45, 7) is 5.19. The quantitative estimate of drug-likeness (QED) is 0.440. The number of phenolic OH excluding ortho intramolecular Hbond substituents is 1. The van der Waals surface area contributed by atoms with Crippen LogP contribution in [0.25, 0.3) is 0 Å². The van der Waals surface area contributed by atoms with Gasteiger partial charge in [0.15, 0.2) is 0 Å². The van der Waals surface area contributed by atoms with Gasteiger partial charge in [0.1, 0.15) is 30.4 Å². The molecule has 0 fully saturated rings. The molecule has 3 rings (SSSR count). The lowest BCUT2D eigenvalue weighted by molar-refractivity contribution is -0.127. The number of phenols is 1. The molecule has 2 atom stereocenters. The molecule has 0 unspecified atom stereocenters. The van der Waals surface area contributed by atoms with Crippen LogP contribution in [0.15, 0.2) is 36.4 Å². The van der Waals surface area contributed by atoms with Crippen molar-refractivity contribution in [1.82, 2.24) is 10.6 Å². The minimum absolute atomic E-state index is 0.0564. The fourth-order valence-electron chi connectivity index (χ4n) is 4.32. The minimum atomic E-state index is -1.22. The van der Waals surface area contributed by atoms with Crippen LogP contribution in [0.1, 0.15) is 41.8 Å². The molecule has 4 amide bonds. The summed E-state index contributed by atoms with van der Waals surface area (Å²) in [6.07, 6.45) is 0.252. The van der Waals surface area contributed by atoms with Gasteiger partial charge in [-0.15, -0.1) is 0 Å². The van der Waals surface area contributed by atoms with Gasteiger partial charge in [-0.2, -0.15) is 0 Å². The first-order chi connectivity index (χ1) is 17.9. The van der Waals surface area contributed by atoms with E-state index in [4.69, 9.17) is 0 Å². The number of aryl methyl sites for hydroxylation is 2. The number of aldehydes is 1. The number of anilines is 2. The number of amides is 4. The molecule has 1 aliphatic rings. The second-order valence-corrected chi connectivity index (χ2v) is 9.24. The summed E-state index contributed by atoms with van der Waals surface area (Å²) < 4.78 is 0. The van der Waals surface area contributed by atoms with Crippen LogP contribution < -0.4 is 20.4 Å². The van der Waals surface area contributed by atoms with Gasteiger partial charge in [0.25, 0.3) is 11.8 Å². The van der Waals surface area contributed by atoms with Crippen molar-refractivity contribution < 1.29 is 33.9 Å². The van der Waals surface area contributed by atoms with E-state index in [9.17, 15) is 33.9 Å². The van der Waals surface area contributed by atoms with Crippen LogP contribution in [0.2, 0.25) is 0 Å². The van der Waals surface area contributed by atoms with E-state index >= 15 is 0 Å². The van der Waals surface area contributed by atoms with Crippen molar-refractivity contribution in [2.24, 2.45) is 0 Å². The smallest absolute Gasteiger partial charge is 0.252 e. The first-order valence-corrected chi connectivity index (χ1v) is 12.0. The number of fused-ring (bicyclic) bond motifs is 1. The Balaban J connectivity index is 1.96. The molecular weight excluding hydrogens is 492 g/mol. The predicted octanol–water partition coefficient (Wildman–Crippen LogP) is 1.17. The van der Waals surface area contributed by atoms with Gasteiger partial charge in [-0.1, -0.05) is 12.1 Å². The predicted molar refractivity (Wildman–Crippen MR) is 139 cm³/mol. The molecule has 0 bridgehead atoms. The lowest BCUT2D eigenvalue weighted by Gasteiger charge is -2.25. The summed E-state index contributed by atoms with van der Waals surface area (Å²) in [5.41, 5.74) is 1.81. The molecule has 0 aliphatic carbocycles. The molecule has 11 heteroatoms. The number of nitrogens with zero attached hydrogens (tertiary/aromatic N) is 2. The average molecular weight is 523 g/mol. The second kappa shape index (κ2) is 11.7. The van der Waals surface area contributed by atoms with Crippen molar-refractivity contribution in [2.75, 3.05) is 22.9 Å². The van der Waals surface area contributed by atoms with Gasteiger partial charge in [-0.25, -0.2) is 0 Å². The van der Waals surface area contributed by atoms with Crippen molar-refractivity contribution in [2.45, 2.75) is 46.2 Å². The van der Waals surface area contributed by atoms with Crippen LogP contribution in [0.4, 0.5) is 11.4 Å². The molecule has 200 valence electrons. The summed E-state index contributed by atoms with van der Waals surface area (Å²) in [7, 11) is 0. The standard InChI is InChI=1S/C27H30N4O7/c1-15-9-19(10-16(2)25(15)36)26(37)29-21-12-30(18(4)34)22-7-5-6-8-23(22)31(27(21)38)13-24(35)28-20(14-32)11-17(3)33/h5-10,14,20-21,36H,11-13H2,1-4H3,(H,28,35)(H,29,37)/t20-,21-/m0/s1. The lowest BCUT2D eigenvalue weighted by Crippen LogP contribution is -2.54. The first kappa shape index (κ1) is 28.0. The van der Waals surface area contributed by atoms with Crippen molar-refractivity contribution in [3.8, 4) is 5.75 Å². The van der Waals surface area contributed by atoms with E-state index in [0.717, 1.165) is 4.90 Å². The highest BCUT2D eigenvalue weighted by Gasteiger charge is 2.37. The maximum Gasteiger partial charge on any atom is 0.252 e. The number of para-hydroxylation sites is 2. The minimum Gasteiger partial charge on any atom is -0.507 e. The SMILES string of the molecule is CC(=O)C[C@@H](C=O)NC(=O)CN1C(=O)[C@@H](NC(=O)c2cc(C)c(O)c(C)c2)CN(C(C)=O)c2ccccc21. The second-order valence-electron chi connectivity index (χ2n) is 9.24. The van der Waals surface area contributed by atoms with Crippen LogP contribution in [-0.4, -0.2) is 66.0 Å². The third-order valence-electron chi connectivity index (χ3n) is 6.15. The highest BCUT2D eigenvalue weighted by Crippen LogP contribution is 2.33. The van der Waals surface area contributed by atoms with E-state index in [-0.39, 0.29) is 41.7 Å². The fourth-order valence-corrected chi connectivity index (χ4v) is 4.32. The zero-order chi connectivity index (χ0) is 28.1. The van der Waals surface area contributed by atoms with Gasteiger partial charge in [-0.3, -0.25) is 28.9 Å². The molecule has 11 nitrogen and oxygen atoms in total. The molecule has 0 spiro atoms. The Kier molecular flexibility index (Phi) is 8.61. The Hall–Kier alpha value is -4.54. The zero-order valence-corrected chi connectivity index (χ0v) is 21.6. The highest BCUT2D eigenvalue weighted by molar-refractivity contribution is 6.10. The van der Waals surface area contributed by atoms with Gasteiger partial charge in [0, 0.05) is 18.9 Å². The number of carbonyl (C=O) groups excluding carboxylic acids is 6. The summed E-state index contributed by atoms with van der Waals surface area (Å²) >= 11 is 0. The zero-order valence-electron chi connectivity index (χ0n) is 21.6. The number of rotatable bonds is 8. The van der Waals surface area contributed by atoms with Gasteiger partial charge >= 0.3 is 0 Å². The average Bonchev–Trinajstić information content (AvgIpc) is 2.96. The Bertz CT molecular complexity index is 1280. The molecular formula is C27H30N4O7. The number of nitrogens with one attached hydrogen (secondary N) is 2. The van der Waals surface area contributed by atoms with Gasteiger partial charge in [0.2, 0.25) is 11.8 Å². The van der Waals surface area contributed by atoms with E-state index in [1.807, 2.05) is 0 Å². The summed E-state index contributed by atoms with van der Waals surface area (Å²) in [5, 5.41) is 15.1. The van der Waals surface area contributed by atoms with Crippen LogP contribution in [-0.2, 0) is 24.0 Å². The molecule has 1 aliphatic heterocycles. The number of hydrogen-bond acceptors (Lipinski definition) is 7. The van der Waals surface area contributed by atoms with E-state index in [2.05, 4.69) is 10.6 Å². The third kappa shape index (κ3) is 6.23. The number of benzene rings is 2. The van der Waals surface area contributed by atoms with Crippen LogP contribution >= 0.6 is 0 Å².